The lowest BCUT2D eigenvalue weighted by atomic mass is 10.0. The van der Waals surface area contributed by atoms with Gasteiger partial charge in [-0.15, -0.1) is 13.2 Å². The van der Waals surface area contributed by atoms with E-state index in [9.17, 15) is 18.0 Å². The SMILES string of the molecule is COc1cc(-c2ccc(NCc3cccc(OC(F)(F)F)c3)nc2)cc(OC)c1CCC(=O)O. The van der Waals surface area contributed by atoms with Gasteiger partial charge in [-0.1, -0.05) is 12.1 Å². The predicted molar refractivity (Wildman–Crippen MR) is 119 cm³/mol. The molecule has 2 N–H and O–H groups in total. The molecule has 7 nitrogen and oxygen atoms in total. The summed E-state index contributed by atoms with van der Waals surface area (Å²) in [6.07, 6.45) is -2.91. The molecule has 0 atom stereocenters. The Morgan fingerprint density at radius 3 is 2.29 bits per heavy atom. The third-order valence-corrected chi connectivity index (χ3v) is 4.90. The van der Waals surface area contributed by atoms with Crippen LogP contribution in [0.1, 0.15) is 17.5 Å². The number of carboxylic acid groups (broad SMARTS) is 1. The molecule has 3 rings (SSSR count). The maximum Gasteiger partial charge on any atom is 0.573 e. The number of hydrogen-bond donors (Lipinski definition) is 2. The molecule has 0 unspecified atom stereocenters. The predicted octanol–water partition coefficient (Wildman–Crippen LogP) is 5.29. The fraction of sp³-hybridized carbons (Fsp3) is 0.250. The van der Waals surface area contributed by atoms with Gasteiger partial charge in [0, 0.05) is 30.3 Å². The highest BCUT2D eigenvalue weighted by Crippen LogP contribution is 2.36. The van der Waals surface area contributed by atoms with E-state index in [0.29, 0.717) is 28.4 Å². The molecule has 3 aromatic rings. The number of hydrogen-bond acceptors (Lipinski definition) is 6. The summed E-state index contributed by atoms with van der Waals surface area (Å²) in [5.41, 5.74) is 2.80. The van der Waals surface area contributed by atoms with E-state index >= 15 is 0 Å². The molecule has 1 aromatic heterocycles. The van der Waals surface area contributed by atoms with E-state index in [2.05, 4.69) is 15.0 Å². The first kappa shape index (κ1) is 24.7. The minimum Gasteiger partial charge on any atom is -0.496 e. The van der Waals surface area contributed by atoms with Crippen molar-refractivity contribution in [3.05, 3.63) is 65.9 Å². The number of nitrogens with zero attached hydrogens (tertiary/aromatic N) is 1. The molecule has 0 spiro atoms. The zero-order valence-corrected chi connectivity index (χ0v) is 18.5. The highest BCUT2D eigenvalue weighted by molar-refractivity contribution is 5.71. The van der Waals surface area contributed by atoms with Gasteiger partial charge >= 0.3 is 12.3 Å². The maximum absolute atomic E-state index is 12.4. The number of nitrogens with one attached hydrogen (secondary N) is 1. The molecule has 0 amide bonds. The summed E-state index contributed by atoms with van der Waals surface area (Å²) in [6, 6.07) is 12.8. The van der Waals surface area contributed by atoms with Crippen molar-refractivity contribution in [1.82, 2.24) is 4.98 Å². The fourth-order valence-corrected chi connectivity index (χ4v) is 3.34. The van der Waals surface area contributed by atoms with Crippen molar-refractivity contribution < 1.29 is 37.3 Å². The summed E-state index contributed by atoms with van der Waals surface area (Å²) in [7, 11) is 3.01. The number of pyridine rings is 1. The van der Waals surface area contributed by atoms with Crippen molar-refractivity contribution >= 4 is 11.8 Å². The van der Waals surface area contributed by atoms with Gasteiger partial charge in [0.1, 0.15) is 23.1 Å². The molecule has 0 fully saturated rings. The van der Waals surface area contributed by atoms with Crippen LogP contribution < -0.4 is 19.5 Å². The summed E-state index contributed by atoms with van der Waals surface area (Å²) < 4.78 is 52.0. The van der Waals surface area contributed by atoms with Gasteiger partial charge in [0.25, 0.3) is 0 Å². The molecule has 10 heteroatoms. The van der Waals surface area contributed by atoms with E-state index in [-0.39, 0.29) is 25.1 Å². The topological polar surface area (TPSA) is 89.9 Å². The Morgan fingerprint density at radius 2 is 1.74 bits per heavy atom. The van der Waals surface area contributed by atoms with Gasteiger partial charge in [0.05, 0.1) is 14.2 Å². The lowest BCUT2D eigenvalue weighted by molar-refractivity contribution is -0.274. The van der Waals surface area contributed by atoms with Crippen LogP contribution in [0.5, 0.6) is 17.2 Å². The number of alkyl halides is 3. The number of aromatic nitrogens is 1. The standard InChI is InChI=1S/C24H23F3N2O5/c1-32-20-11-17(12-21(33-2)19(20)7-9-23(30)31)16-6-8-22(29-14-16)28-13-15-4-3-5-18(10-15)34-24(25,26)27/h3-6,8,10-12,14H,7,9,13H2,1-2H3,(H,28,29)(H,30,31). The van der Waals surface area contributed by atoms with Gasteiger partial charge in [0.15, 0.2) is 0 Å². The van der Waals surface area contributed by atoms with Crippen molar-refractivity contribution in [1.29, 1.82) is 0 Å². The van der Waals surface area contributed by atoms with E-state index < -0.39 is 12.3 Å². The molecule has 2 aromatic carbocycles. The van der Waals surface area contributed by atoms with Crippen molar-refractivity contribution in [2.75, 3.05) is 19.5 Å². The van der Waals surface area contributed by atoms with Crippen LogP contribution in [0.3, 0.4) is 0 Å². The molecule has 0 saturated heterocycles. The maximum atomic E-state index is 12.4. The average molecular weight is 476 g/mol. The summed E-state index contributed by atoms with van der Waals surface area (Å²) in [4.78, 5) is 15.3. The van der Waals surface area contributed by atoms with E-state index in [0.717, 1.165) is 11.1 Å². The van der Waals surface area contributed by atoms with Crippen LogP contribution in [-0.4, -0.2) is 36.6 Å². The second-order valence-corrected chi connectivity index (χ2v) is 7.23. The minimum atomic E-state index is -4.75. The Kier molecular flexibility index (Phi) is 7.83. The molecule has 0 saturated carbocycles. The van der Waals surface area contributed by atoms with Gasteiger partial charge in [-0.2, -0.15) is 0 Å². The number of benzene rings is 2. The number of carbonyl (C=O) groups is 1. The van der Waals surface area contributed by atoms with Crippen molar-refractivity contribution in [3.63, 3.8) is 0 Å². The molecule has 180 valence electrons. The molecular weight excluding hydrogens is 453 g/mol. The van der Waals surface area contributed by atoms with Crippen LogP contribution in [0.25, 0.3) is 11.1 Å². The summed E-state index contributed by atoms with van der Waals surface area (Å²) in [6.45, 7) is 0.251. The number of ether oxygens (including phenoxy) is 3. The lowest BCUT2D eigenvalue weighted by Gasteiger charge is -2.15. The number of halogens is 3. The molecule has 1 heterocycles. The number of methoxy groups -OCH3 is 2. The summed E-state index contributed by atoms with van der Waals surface area (Å²) in [5, 5.41) is 12.0. The molecule has 0 aliphatic carbocycles. The van der Waals surface area contributed by atoms with Crippen molar-refractivity contribution in [3.8, 4) is 28.4 Å². The highest BCUT2D eigenvalue weighted by Gasteiger charge is 2.31. The van der Waals surface area contributed by atoms with Gasteiger partial charge in [0.2, 0.25) is 0 Å². The van der Waals surface area contributed by atoms with Crippen LogP contribution >= 0.6 is 0 Å². The molecule has 0 aliphatic rings. The second kappa shape index (κ2) is 10.8. The minimum absolute atomic E-state index is 0.0563. The fourth-order valence-electron chi connectivity index (χ4n) is 3.34. The quantitative estimate of drug-likeness (QED) is 0.411. The van der Waals surface area contributed by atoms with E-state index in [4.69, 9.17) is 14.6 Å². The first-order valence-electron chi connectivity index (χ1n) is 10.2. The molecule has 34 heavy (non-hydrogen) atoms. The number of carboxylic acids is 1. The van der Waals surface area contributed by atoms with E-state index in [1.807, 2.05) is 6.07 Å². The molecule has 0 aliphatic heterocycles. The first-order chi connectivity index (χ1) is 16.2. The zero-order valence-electron chi connectivity index (χ0n) is 18.5. The van der Waals surface area contributed by atoms with Crippen LogP contribution in [0, 0.1) is 0 Å². The second-order valence-electron chi connectivity index (χ2n) is 7.23. The van der Waals surface area contributed by atoms with Gasteiger partial charge in [-0.05, 0) is 53.9 Å². The number of anilines is 1. The van der Waals surface area contributed by atoms with Gasteiger partial charge in [-0.3, -0.25) is 4.79 Å². The van der Waals surface area contributed by atoms with Crippen molar-refractivity contribution in [2.24, 2.45) is 0 Å². The van der Waals surface area contributed by atoms with Crippen LogP contribution in [0.2, 0.25) is 0 Å². The third kappa shape index (κ3) is 6.77. The number of rotatable bonds is 10. The summed E-state index contributed by atoms with van der Waals surface area (Å²) in [5.74, 6) is 0.352. The Bertz CT molecular complexity index is 1110. The van der Waals surface area contributed by atoms with Crippen LogP contribution in [0.15, 0.2) is 54.7 Å². The van der Waals surface area contributed by atoms with Crippen LogP contribution in [0.4, 0.5) is 19.0 Å². The average Bonchev–Trinajstić information content (AvgIpc) is 2.80. The Hall–Kier alpha value is -3.95. The summed E-state index contributed by atoms with van der Waals surface area (Å²) >= 11 is 0. The highest BCUT2D eigenvalue weighted by atomic mass is 19.4. The Morgan fingerprint density at radius 1 is 1.03 bits per heavy atom. The largest absolute Gasteiger partial charge is 0.573 e. The Labute approximate surface area is 194 Å². The van der Waals surface area contributed by atoms with Gasteiger partial charge < -0.3 is 24.6 Å². The van der Waals surface area contributed by atoms with Crippen LogP contribution in [-0.2, 0) is 17.8 Å². The molecule has 0 bridgehead atoms. The van der Waals surface area contributed by atoms with E-state index in [1.54, 1.807) is 30.5 Å². The van der Waals surface area contributed by atoms with E-state index in [1.165, 1.54) is 32.4 Å². The van der Waals surface area contributed by atoms with Crippen molar-refractivity contribution in [2.45, 2.75) is 25.7 Å². The number of aliphatic carboxylic acids is 1. The first-order valence-corrected chi connectivity index (χ1v) is 10.2. The lowest BCUT2D eigenvalue weighted by Crippen LogP contribution is -2.17. The monoisotopic (exact) mass is 476 g/mol. The smallest absolute Gasteiger partial charge is 0.496 e. The molecular formula is C24H23F3N2O5. The zero-order chi connectivity index (χ0) is 24.7. The normalized spacial score (nSPS) is 11.1. The third-order valence-electron chi connectivity index (χ3n) is 4.90. The Balaban J connectivity index is 1.73. The molecule has 0 radical (unpaired) electrons. The van der Waals surface area contributed by atoms with Gasteiger partial charge in [-0.25, -0.2) is 4.98 Å².